The lowest BCUT2D eigenvalue weighted by molar-refractivity contribution is 0.622. The molecular formula is C13H17N3. The Bertz CT molecular complexity index is 468. The van der Waals surface area contributed by atoms with Gasteiger partial charge in [0.05, 0.1) is 17.9 Å². The average molecular weight is 215 g/mol. The minimum absolute atomic E-state index is 0.810. The second kappa shape index (κ2) is 4.47. The first-order chi connectivity index (χ1) is 7.70. The lowest BCUT2D eigenvalue weighted by atomic mass is 10.1. The highest BCUT2D eigenvalue weighted by Crippen LogP contribution is 2.09. The summed E-state index contributed by atoms with van der Waals surface area (Å²) >= 11 is 0. The number of nitrogens with zero attached hydrogens (tertiary/aromatic N) is 3. The molecule has 3 heteroatoms. The molecule has 0 unspecified atom stereocenters. The van der Waals surface area contributed by atoms with Crippen molar-refractivity contribution in [2.24, 2.45) is 0 Å². The van der Waals surface area contributed by atoms with Gasteiger partial charge in [-0.15, -0.1) is 5.10 Å². The van der Waals surface area contributed by atoms with Crippen molar-refractivity contribution in [3.05, 3.63) is 46.8 Å². The Kier molecular flexibility index (Phi) is 3.04. The summed E-state index contributed by atoms with van der Waals surface area (Å²) in [5, 5.41) is 8.29. The lowest BCUT2D eigenvalue weighted by Crippen LogP contribution is -2.06. The van der Waals surface area contributed by atoms with Crippen LogP contribution < -0.4 is 0 Å². The van der Waals surface area contributed by atoms with Crippen molar-refractivity contribution in [1.82, 2.24) is 15.0 Å². The zero-order valence-corrected chi connectivity index (χ0v) is 10.1. The van der Waals surface area contributed by atoms with Crippen molar-refractivity contribution in [3.8, 4) is 0 Å². The quantitative estimate of drug-likeness (QED) is 0.787. The van der Waals surface area contributed by atoms with Crippen molar-refractivity contribution >= 4 is 0 Å². The van der Waals surface area contributed by atoms with Gasteiger partial charge >= 0.3 is 0 Å². The van der Waals surface area contributed by atoms with Crippen molar-refractivity contribution in [2.45, 2.75) is 33.7 Å². The molecule has 0 radical (unpaired) electrons. The molecule has 1 heterocycles. The first-order valence-electron chi connectivity index (χ1n) is 5.65. The normalized spacial score (nSPS) is 10.7. The number of aryl methyl sites for hydroxylation is 2. The van der Waals surface area contributed by atoms with Crippen LogP contribution in [-0.2, 0) is 13.0 Å². The fourth-order valence-electron chi connectivity index (χ4n) is 1.85. The summed E-state index contributed by atoms with van der Waals surface area (Å²) in [7, 11) is 0. The van der Waals surface area contributed by atoms with Gasteiger partial charge in [-0.3, -0.25) is 0 Å². The number of rotatable bonds is 3. The number of benzene rings is 1. The van der Waals surface area contributed by atoms with Crippen LogP contribution in [0.25, 0.3) is 0 Å². The summed E-state index contributed by atoms with van der Waals surface area (Å²) in [5.41, 5.74) is 4.81. The molecule has 0 N–H and O–H groups in total. The third-order valence-electron chi connectivity index (χ3n) is 2.82. The van der Waals surface area contributed by atoms with Crippen LogP contribution in [0.15, 0.2) is 24.3 Å². The maximum atomic E-state index is 4.17. The molecule has 2 rings (SSSR count). The van der Waals surface area contributed by atoms with Crippen LogP contribution in [-0.4, -0.2) is 15.0 Å². The van der Waals surface area contributed by atoms with Gasteiger partial charge < -0.3 is 0 Å². The van der Waals surface area contributed by atoms with E-state index in [1.807, 2.05) is 11.6 Å². The third kappa shape index (κ3) is 2.13. The van der Waals surface area contributed by atoms with Gasteiger partial charge in [-0.25, -0.2) is 4.68 Å². The van der Waals surface area contributed by atoms with Gasteiger partial charge in [0.2, 0.25) is 0 Å². The Balaban J connectivity index is 2.23. The average Bonchev–Trinajstić information content (AvgIpc) is 2.63. The van der Waals surface area contributed by atoms with Crippen molar-refractivity contribution in [3.63, 3.8) is 0 Å². The Morgan fingerprint density at radius 1 is 1.12 bits per heavy atom. The highest BCUT2D eigenvalue weighted by atomic mass is 15.4. The molecule has 0 aliphatic heterocycles. The standard InChI is InChI=1S/C13H17N3/c1-4-13-11(3)14-15-16(13)9-12-7-5-10(2)6-8-12/h5-8H,4,9H2,1-3H3. The molecule has 0 saturated carbocycles. The summed E-state index contributed by atoms with van der Waals surface area (Å²) in [6.07, 6.45) is 0.977. The number of aromatic nitrogens is 3. The van der Waals surface area contributed by atoms with Gasteiger partial charge in [0, 0.05) is 0 Å². The predicted octanol–water partition coefficient (Wildman–Crippen LogP) is 2.51. The SMILES string of the molecule is CCc1c(C)nnn1Cc1ccc(C)cc1. The topological polar surface area (TPSA) is 30.7 Å². The molecule has 1 aromatic heterocycles. The molecule has 3 nitrogen and oxygen atoms in total. The summed E-state index contributed by atoms with van der Waals surface area (Å²) in [6, 6.07) is 8.55. The molecular weight excluding hydrogens is 198 g/mol. The lowest BCUT2D eigenvalue weighted by Gasteiger charge is -2.05. The Morgan fingerprint density at radius 3 is 2.44 bits per heavy atom. The van der Waals surface area contributed by atoms with E-state index >= 15 is 0 Å². The molecule has 0 aliphatic rings. The zero-order chi connectivity index (χ0) is 11.5. The molecule has 2 aromatic rings. The van der Waals surface area contributed by atoms with Crippen LogP contribution in [0, 0.1) is 13.8 Å². The monoisotopic (exact) mass is 215 g/mol. The number of hydrogen-bond donors (Lipinski definition) is 0. The highest BCUT2D eigenvalue weighted by Gasteiger charge is 2.06. The van der Waals surface area contributed by atoms with Gasteiger partial charge in [0.25, 0.3) is 0 Å². The Morgan fingerprint density at radius 2 is 1.81 bits per heavy atom. The van der Waals surface area contributed by atoms with Crippen LogP contribution in [0.5, 0.6) is 0 Å². The number of hydrogen-bond acceptors (Lipinski definition) is 2. The summed E-state index contributed by atoms with van der Waals surface area (Å²) in [6.45, 7) is 7.06. The van der Waals surface area contributed by atoms with E-state index in [1.54, 1.807) is 0 Å². The van der Waals surface area contributed by atoms with Gasteiger partial charge in [-0.05, 0) is 25.8 Å². The summed E-state index contributed by atoms with van der Waals surface area (Å²) in [5.74, 6) is 0. The van der Waals surface area contributed by atoms with Crippen LogP contribution in [0.4, 0.5) is 0 Å². The van der Waals surface area contributed by atoms with Crippen LogP contribution in [0.3, 0.4) is 0 Å². The molecule has 0 aliphatic carbocycles. The molecule has 0 amide bonds. The molecule has 0 saturated heterocycles. The van der Waals surface area contributed by atoms with Crippen LogP contribution in [0.2, 0.25) is 0 Å². The largest absolute Gasteiger partial charge is 0.245 e. The van der Waals surface area contributed by atoms with Crippen molar-refractivity contribution in [1.29, 1.82) is 0 Å². The van der Waals surface area contributed by atoms with E-state index in [-0.39, 0.29) is 0 Å². The first-order valence-corrected chi connectivity index (χ1v) is 5.65. The van der Waals surface area contributed by atoms with E-state index in [1.165, 1.54) is 16.8 Å². The zero-order valence-electron chi connectivity index (χ0n) is 10.1. The fraction of sp³-hybridized carbons (Fsp3) is 0.385. The smallest absolute Gasteiger partial charge is 0.0828 e. The van der Waals surface area contributed by atoms with Gasteiger partial charge in [-0.2, -0.15) is 0 Å². The molecule has 0 bridgehead atoms. The molecule has 84 valence electrons. The summed E-state index contributed by atoms with van der Waals surface area (Å²) < 4.78 is 1.99. The Labute approximate surface area is 96.1 Å². The molecule has 0 fully saturated rings. The van der Waals surface area contributed by atoms with Gasteiger partial charge in [0.15, 0.2) is 0 Å². The second-order valence-corrected chi connectivity index (χ2v) is 4.12. The second-order valence-electron chi connectivity index (χ2n) is 4.12. The van der Waals surface area contributed by atoms with E-state index in [0.29, 0.717) is 0 Å². The molecule has 16 heavy (non-hydrogen) atoms. The van der Waals surface area contributed by atoms with E-state index in [9.17, 15) is 0 Å². The minimum Gasteiger partial charge on any atom is -0.245 e. The van der Waals surface area contributed by atoms with Crippen molar-refractivity contribution in [2.75, 3.05) is 0 Å². The molecule has 1 aromatic carbocycles. The highest BCUT2D eigenvalue weighted by molar-refractivity contribution is 5.22. The van der Waals surface area contributed by atoms with Gasteiger partial charge in [-0.1, -0.05) is 42.0 Å². The fourth-order valence-corrected chi connectivity index (χ4v) is 1.85. The third-order valence-corrected chi connectivity index (χ3v) is 2.82. The van der Waals surface area contributed by atoms with Crippen LogP contribution >= 0.6 is 0 Å². The Hall–Kier alpha value is -1.64. The molecule has 0 spiro atoms. The molecule has 0 atom stereocenters. The van der Waals surface area contributed by atoms with E-state index in [4.69, 9.17) is 0 Å². The van der Waals surface area contributed by atoms with Crippen molar-refractivity contribution < 1.29 is 0 Å². The van der Waals surface area contributed by atoms with E-state index in [2.05, 4.69) is 48.4 Å². The minimum atomic E-state index is 0.810. The van der Waals surface area contributed by atoms with Gasteiger partial charge in [0.1, 0.15) is 0 Å². The van der Waals surface area contributed by atoms with Crippen LogP contribution in [0.1, 0.15) is 29.4 Å². The first kappa shape index (κ1) is 10.9. The summed E-state index contributed by atoms with van der Waals surface area (Å²) in [4.78, 5) is 0. The van der Waals surface area contributed by atoms with E-state index < -0.39 is 0 Å². The van der Waals surface area contributed by atoms with E-state index in [0.717, 1.165) is 18.7 Å². The maximum absolute atomic E-state index is 4.17. The predicted molar refractivity (Wildman–Crippen MR) is 64.4 cm³/mol. The maximum Gasteiger partial charge on any atom is 0.0828 e.